The number of rotatable bonds is 6. The molecular weight excluding hydrogens is 434 g/mol. The largest absolute Gasteiger partial charge is 0.289 e. The predicted molar refractivity (Wildman–Crippen MR) is 121 cm³/mol. The Balaban J connectivity index is 1.53. The molecule has 31 heavy (non-hydrogen) atoms. The Bertz CT molecular complexity index is 1230. The summed E-state index contributed by atoms with van der Waals surface area (Å²) in [4.78, 5) is 12.8. The van der Waals surface area contributed by atoms with Crippen molar-refractivity contribution in [2.24, 2.45) is 0 Å². The van der Waals surface area contributed by atoms with E-state index in [1.54, 1.807) is 10.8 Å². The predicted octanol–water partition coefficient (Wildman–Crippen LogP) is 4.51. The van der Waals surface area contributed by atoms with Gasteiger partial charge in [-0.2, -0.15) is 9.40 Å². The number of aryl methyl sites for hydroxylation is 1. The van der Waals surface area contributed by atoms with Gasteiger partial charge in [0.2, 0.25) is 10.0 Å². The zero-order valence-corrected chi connectivity index (χ0v) is 18.6. The van der Waals surface area contributed by atoms with Gasteiger partial charge in [0.05, 0.1) is 16.3 Å². The van der Waals surface area contributed by atoms with Gasteiger partial charge in [-0.05, 0) is 68.3 Å². The summed E-state index contributed by atoms with van der Waals surface area (Å²) in [5, 5.41) is 4.87. The Hall–Kier alpha value is -2.74. The van der Waals surface area contributed by atoms with Crippen LogP contribution >= 0.6 is 11.6 Å². The Kier molecular flexibility index (Phi) is 6.09. The fourth-order valence-corrected chi connectivity index (χ4v) is 5.42. The third-order valence-electron chi connectivity index (χ3n) is 5.29. The second-order valence-corrected chi connectivity index (χ2v) is 9.67. The normalized spacial score (nSPS) is 15.0. The zero-order chi connectivity index (χ0) is 22.0. The molecule has 0 unspecified atom stereocenters. The molecule has 8 heteroatoms. The molecule has 1 aliphatic rings. The summed E-state index contributed by atoms with van der Waals surface area (Å²) in [5.41, 5.74) is 2.59. The van der Waals surface area contributed by atoms with Crippen LogP contribution in [0.1, 0.15) is 34.5 Å². The molecule has 160 valence electrons. The molecule has 0 saturated carbocycles. The molecule has 2 aromatic carbocycles. The van der Waals surface area contributed by atoms with Crippen LogP contribution in [0.25, 0.3) is 11.8 Å². The molecule has 0 spiro atoms. The first kappa shape index (κ1) is 21.5. The van der Waals surface area contributed by atoms with Crippen molar-refractivity contribution in [1.29, 1.82) is 0 Å². The van der Waals surface area contributed by atoms with E-state index in [9.17, 15) is 13.2 Å². The number of benzene rings is 2. The highest BCUT2D eigenvalue weighted by atomic mass is 35.5. The number of para-hydroxylation sites is 1. The Morgan fingerprint density at radius 1 is 1.03 bits per heavy atom. The minimum atomic E-state index is -3.50. The van der Waals surface area contributed by atoms with E-state index in [0.29, 0.717) is 35.1 Å². The number of hydrogen-bond donors (Lipinski definition) is 0. The Labute approximate surface area is 186 Å². The van der Waals surface area contributed by atoms with Crippen LogP contribution in [0.5, 0.6) is 0 Å². The molecule has 1 aliphatic heterocycles. The SMILES string of the molecule is Cc1nn(-c2ccccc2)c(Cl)c1C=CC(=O)c1ccc(S(=O)(=O)N2CCCC2)cc1. The van der Waals surface area contributed by atoms with E-state index in [0.717, 1.165) is 18.5 Å². The first-order valence-electron chi connectivity index (χ1n) is 10.0. The van der Waals surface area contributed by atoms with Crippen molar-refractivity contribution >= 4 is 33.5 Å². The topological polar surface area (TPSA) is 72.3 Å². The van der Waals surface area contributed by atoms with Crippen molar-refractivity contribution in [3.05, 3.63) is 82.6 Å². The van der Waals surface area contributed by atoms with Crippen LogP contribution < -0.4 is 0 Å². The maximum absolute atomic E-state index is 12.6. The molecule has 0 atom stereocenters. The summed E-state index contributed by atoms with van der Waals surface area (Å²) >= 11 is 6.49. The molecule has 3 aromatic rings. The molecule has 4 rings (SSSR count). The fourth-order valence-electron chi connectivity index (χ4n) is 3.56. The van der Waals surface area contributed by atoms with Gasteiger partial charge >= 0.3 is 0 Å². The number of ketones is 1. The Morgan fingerprint density at radius 2 is 1.68 bits per heavy atom. The number of halogens is 1. The maximum atomic E-state index is 12.6. The van der Waals surface area contributed by atoms with Crippen LogP contribution in [-0.2, 0) is 10.0 Å². The van der Waals surface area contributed by atoms with Gasteiger partial charge in [0, 0.05) is 24.2 Å². The van der Waals surface area contributed by atoms with Crippen molar-refractivity contribution in [1.82, 2.24) is 14.1 Å². The van der Waals surface area contributed by atoms with Gasteiger partial charge in [0.1, 0.15) is 5.15 Å². The quantitative estimate of drug-likeness (QED) is 0.405. The molecule has 1 aromatic heterocycles. The van der Waals surface area contributed by atoms with Crippen molar-refractivity contribution in [3.63, 3.8) is 0 Å². The first-order valence-corrected chi connectivity index (χ1v) is 11.8. The van der Waals surface area contributed by atoms with E-state index in [2.05, 4.69) is 5.10 Å². The monoisotopic (exact) mass is 455 g/mol. The van der Waals surface area contributed by atoms with Gasteiger partial charge in [0.25, 0.3) is 0 Å². The van der Waals surface area contributed by atoms with E-state index in [1.807, 2.05) is 37.3 Å². The van der Waals surface area contributed by atoms with Crippen molar-refractivity contribution in [2.45, 2.75) is 24.7 Å². The number of nitrogens with zero attached hydrogens (tertiary/aromatic N) is 3. The average Bonchev–Trinajstić information content (AvgIpc) is 3.42. The smallest absolute Gasteiger partial charge is 0.243 e. The van der Waals surface area contributed by atoms with Crippen LogP contribution in [0.2, 0.25) is 5.15 Å². The second-order valence-electron chi connectivity index (χ2n) is 7.37. The molecule has 0 N–H and O–H groups in total. The highest BCUT2D eigenvalue weighted by molar-refractivity contribution is 7.89. The van der Waals surface area contributed by atoms with Crippen molar-refractivity contribution in [2.75, 3.05) is 13.1 Å². The number of hydrogen-bond acceptors (Lipinski definition) is 4. The summed E-state index contributed by atoms with van der Waals surface area (Å²) in [6, 6.07) is 15.6. The van der Waals surface area contributed by atoms with Gasteiger partial charge < -0.3 is 0 Å². The van der Waals surface area contributed by atoms with E-state index >= 15 is 0 Å². The van der Waals surface area contributed by atoms with Gasteiger partial charge in [0.15, 0.2) is 5.78 Å². The third-order valence-corrected chi connectivity index (χ3v) is 7.57. The standard InChI is InChI=1S/C23H22ClN3O3S/c1-17-21(23(24)27(25-17)19-7-3-2-4-8-19)13-14-22(28)18-9-11-20(12-10-18)31(29,30)26-15-5-6-16-26/h2-4,7-14H,5-6,15-16H2,1H3. The van der Waals surface area contributed by atoms with E-state index < -0.39 is 10.0 Å². The summed E-state index contributed by atoms with van der Waals surface area (Å²) in [6.07, 6.45) is 4.82. The van der Waals surface area contributed by atoms with Crippen LogP contribution in [0.3, 0.4) is 0 Å². The highest BCUT2D eigenvalue weighted by Crippen LogP contribution is 2.25. The molecule has 0 bridgehead atoms. The van der Waals surface area contributed by atoms with E-state index in [-0.39, 0.29) is 10.7 Å². The minimum absolute atomic E-state index is 0.206. The van der Waals surface area contributed by atoms with Crippen LogP contribution in [-0.4, -0.2) is 41.4 Å². The molecule has 0 amide bonds. The third kappa shape index (κ3) is 4.35. The van der Waals surface area contributed by atoms with Crippen molar-refractivity contribution < 1.29 is 13.2 Å². The average molecular weight is 456 g/mol. The number of sulfonamides is 1. The van der Waals surface area contributed by atoms with Crippen molar-refractivity contribution in [3.8, 4) is 5.69 Å². The van der Waals surface area contributed by atoms with Gasteiger partial charge in [-0.25, -0.2) is 13.1 Å². The van der Waals surface area contributed by atoms with E-state index in [1.165, 1.54) is 34.6 Å². The van der Waals surface area contributed by atoms with Gasteiger partial charge in [-0.1, -0.05) is 29.8 Å². The molecule has 1 saturated heterocycles. The molecular formula is C23H22ClN3O3S. The van der Waals surface area contributed by atoms with Crippen LogP contribution in [0.4, 0.5) is 0 Å². The van der Waals surface area contributed by atoms with Crippen LogP contribution in [0, 0.1) is 6.92 Å². The number of carbonyl (C=O) groups is 1. The first-order chi connectivity index (χ1) is 14.9. The van der Waals surface area contributed by atoms with Crippen LogP contribution in [0.15, 0.2) is 65.6 Å². The maximum Gasteiger partial charge on any atom is 0.243 e. The highest BCUT2D eigenvalue weighted by Gasteiger charge is 2.27. The number of allylic oxidation sites excluding steroid dienone is 1. The summed E-state index contributed by atoms with van der Waals surface area (Å²) in [6.45, 7) is 2.92. The minimum Gasteiger partial charge on any atom is -0.289 e. The molecule has 1 fully saturated rings. The Morgan fingerprint density at radius 3 is 2.32 bits per heavy atom. The molecule has 0 aliphatic carbocycles. The summed E-state index contributed by atoms with van der Waals surface area (Å²) < 4.78 is 28.4. The molecule has 2 heterocycles. The molecule has 6 nitrogen and oxygen atoms in total. The fraction of sp³-hybridized carbons (Fsp3) is 0.217. The van der Waals surface area contributed by atoms with E-state index in [4.69, 9.17) is 11.6 Å². The number of carbonyl (C=O) groups excluding carboxylic acids is 1. The molecule has 0 radical (unpaired) electrons. The second kappa shape index (κ2) is 8.78. The lowest BCUT2D eigenvalue weighted by molar-refractivity contribution is 0.104. The summed E-state index contributed by atoms with van der Waals surface area (Å²) in [5.74, 6) is -0.243. The lowest BCUT2D eigenvalue weighted by atomic mass is 10.1. The zero-order valence-electron chi connectivity index (χ0n) is 17.0. The lowest BCUT2D eigenvalue weighted by Crippen LogP contribution is -2.27. The summed E-state index contributed by atoms with van der Waals surface area (Å²) in [7, 11) is -3.50. The van der Waals surface area contributed by atoms with Gasteiger partial charge in [-0.15, -0.1) is 0 Å². The van der Waals surface area contributed by atoms with Gasteiger partial charge in [-0.3, -0.25) is 4.79 Å². The lowest BCUT2D eigenvalue weighted by Gasteiger charge is -2.15. The number of aromatic nitrogens is 2.